The van der Waals surface area contributed by atoms with Crippen molar-refractivity contribution in [1.29, 1.82) is 0 Å². The minimum atomic E-state index is -4.71. The number of aliphatic imine (C=N–C) groups is 1. The first-order valence-corrected chi connectivity index (χ1v) is 10.7. The van der Waals surface area contributed by atoms with Crippen LogP contribution in [0.25, 0.3) is 0 Å². The number of nitrogens with two attached hydrogens (primary N) is 1. The van der Waals surface area contributed by atoms with Gasteiger partial charge in [-0.15, -0.1) is 0 Å². The molecule has 0 saturated heterocycles. The van der Waals surface area contributed by atoms with Crippen molar-refractivity contribution >= 4 is 28.5 Å². The first-order chi connectivity index (χ1) is 15.6. The normalized spacial score (nSPS) is 15.2. The van der Waals surface area contributed by atoms with Gasteiger partial charge in [-0.1, -0.05) is 24.9 Å². The van der Waals surface area contributed by atoms with Crippen LogP contribution in [0, 0.1) is 23.4 Å². The molecule has 0 fully saturated rings. The highest BCUT2D eigenvalue weighted by Crippen LogP contribution is 2.36. The molecule has 2 atom stereocenters. The molecule has 1 aromatic heterocycles. The van der Waals surface area contributed by atoms with Crippen LogP contribution in [0.2, 0.25) is 0 Å². The highest BCUT2D eigenvalue weighted by atomic mass is 32.2. The van der Waals surface area contributed by atoms with Gasteiger partial charge in [-0.25, -0.2) is 13.2 Å². The Morgan fingerprint density at radius 1 is 1.24 bits per heavy atom. The molecule has 0 aliphatic rings. The average molecular weight is 509 g/mol. The topological polar surface area (TPSA) is 120 Å². The van der Waals surface area contributed by atoms with Crippen LogP contribution in [0.4, 0.5) is 32.0 Å². The van der Waals surface area contributed by atoms with Gasteiger partial charge in [0.25, 0.3) is 5.91 Å². The van der Waals surface area contributed by atoms with Crippen LogP contribution in [-0.4, -0.2) is 31.2 Å². The molecule has 1 heterocycles. The van der Waals surface area contributed by atoms with Crippen LogP contribution in [0.5, 0.6) is 0 Å². The molecule has 0 bridgehead atoms. The Labute approximate surface area is 192 Å². The summed E-state index contributed by atoms with van der Waals surface area (Å²) in [6.07, 6.45) is -4.35. The summed E-state index contributed by atoms with van der Waals surface area (Å²) in [6.45, 7) is 4.17. The van der Waals surface area contributed by atoms with Crippen molar-refractivity contribution in [3.05, 3.63) is 58.7 Å². The maximum Gasteiger partial charge on any atom is 0.417 e. The summed E-state index contributed by atoms with van der Waals surface area (Å²) in [4.78, 5) is 19.6. The molecule has 7 nitrogen and oxygen atoms in total. The van der Waals surface area contributed by atoms with Crippen molar-refractivity contribution in [3.63, 3.8) is 0 Å². The van der Waals surface area contributed by atoms with E-state index in [1.807, 2.05) is 5.32 Å². The quantitative estimate of drug-likeness (QED) is 0.193. The zero-order valence-electron chi connectivity index (χ0n) is 18.0. The van der Waals surface area contributed by atoms with Crippen molar-refractivity contribution in [2.45, 2.75) is 32.5 Å². The molecule has 0 aliphatic heterocycles. The molecular weight excluding hydrogens is 490 g/mol. The van der Waals surface area contributed by atoms with Gasteiger partial charge < -0.3 is 15.6 Å². The molecule has 2 rings (SSSR count). The summed E-state index contributed by atoms with van der Waals surface area (Å²) in [7, 11) is 0. The summed E-state index contributed by atoms with van der Waals surface area (Å²) in [5.41, 5.74) is -0.231. The number of halogens is 6. The van der Waals surface area contributed by atoms with Crippen LogP contribution >= 0.6 is 0 Å². The largest absolute Gasteiger partial charge is 0.772 e. The third kappa shape index (κ3) is 6.11. The van der Waals surface area contributed by atoms with Gasteiger partial charge in [0.15, 0.2) is 17.5 Å². The van der Waals surface area contributed by atoms with Crippen molar-refractivity contribution in [1.82, 2.24) is 4.98 Å². The first kappa shape index (κ1) is 27.2. The number of carbonyl (C=O) groups excluding carboxylic acids is 1. The Morgan fingerprint density at radius 2 is 1.85 bits per heavy atom. The summed E-state index contributed by atoms with van der Waals surface area (Å²) in [5, 5.41) is 1.90. The van der Waals surface area contributed by atoms with Crippen molar-refractivity contribution in [2.24, 2.45) is 16.6 Å². The molecular formula is C20H19F6N4O3S-. The van der Waals surface area contributed by atoms with E-state index in [0.717, 1.165) is 6.92 Å². The molecule has 0 radical (unpaired) electrons. The van der Waals surface area contributed by atoms with E-state index in [2.05, 4.69) is 9.98 Å². The van der Waals surface area contributed by atoms with Gasteiger partial charge in [-0.05, 0) is 19.1 Å². The van der Waals surface area contributed by atoms with Gasteiger partial charge in [0, 0.05) is 23.9 Å². The van der Waals surface area contributed by atoms with Crippen LogP contribution < -0.4 is 11.1 Å². The summed E-state index contributed by atoms with van der Waals surface area (Å²) in [6, 6.07) is 1.55. The molecule has 3 N–H and O–H groups in total. The summed E-state index contributed by atoms with van der Waals surface area (Å²) in [5.74, 6) is -7.79. The Morgan fingerprint density at radius 3 is 2.32 bits per heavy atom. The summed E-state index contributed by atoms with van der Waals surface area (Å²) >= 11 is -2.90. The average Bonchev–Trinajstić information content (AvgIpc) is 2.70. The highest BCUT2D eigenvalue weighted by Gasteiger charge is 2.37. The SMILES string of the molecule is CC(C)C(N)=N[C@@](C)(CS(=O)[O-])c1c(F)c(F)cc(NC(=O)c2ccc(C(F)(F)F)cn2)c1F. The van der Waals surface area contributed by atoms with E-state index in [9.17, 15) is 35.5 Å². The molecule has 1 amide bonds. The minimum absolute atomic E-state index is 0.171. The number of amidine groups is 1. The van der Waals surface area contributed by atoms with E-state index in [4.69, 9.17) is 5.73 Å². The van der Waals surface area contributed by atoms with Gasteiger partial charge >= 0.3 is 6.18 Å². The monoisotopic (exact) mass is 509 g/mol. The third-order valence-corrected chi connectivity index (χ3v) is 5.43. The molecule has 186 valence electrons. The second-order valence-corrected chi connectivity index (χ2v) is 8.60. The van der Waals surface area contributed by atoms with Gasteiger partial charge in [-0.2, -0.15) is 13.2 Å². The number of nitrogens with one attached hydrogen (secondary N) is 1. The van der Waals surface area contributed by atoms with Crippen LogP contribution in [0.15, 0.2) is 29.4 Å². The maximum absolute atomic E-state index is 15.3. The molecule has 1 unspecified atom stereocenters. The number of alkyl halides is 3. The van der Waals surface area contributed by atoms with Crippen LogP contribution in [0.1, 0.15) is 42.4 Å². The predicted molar refractivity (Wildman–Crippen MR) is 111 cm³/mol. The second-order valence-electron chi connectivity index (χ2n) is 7.71. The van der Waals surface area contributed by atoms with E-state index in [1.54, 1.807) is 13.8 Å². The van der Waals surface area contributed by atoms with Gasteiger partial charge in [-0.3, -0.25) is 19.0 Å². The Balaban J connectivity index is 2.57. The van der Waals surface area contributed by atoms with E-state index >= 15 is 4.39 Å². The van der Waals surface area contributed by atoms with Gasteiger partial charge in [0.2, 0.25) is 0 Å². The number of anilines is 1. The lowest BCUT2D eigenvalue weighted by molar-refractivity contribution is -0.137. The van der Waals surface area contributed by atoms with Crippen molar-refractivity contribution < 1.29 is 39.9 Å². The van der Waals surface area contributed by atoms with Gasteiger partial charge in [0.05, 0.1) is 22.6 Å². The van der Waals surface area contributed by atoms with Crippen molar-refractivity contribution in [2.75, 3.05) is 11.1 Å². The lowest BCUT2D eigenvalue weighted by Gasteiger charge is -2.29. The highest BCUT2D eigenvalue weighted by molar-refractivity contribution is 7.79. The number of carbonyl (C=O) groups is 1. The maximum atomic E-state index is 15.3. The number of aromatic nitrogens is 1. The standard InChI is InChI=1S/C20H20F6N4O3S/c1-9(2)17(27)30-19(3,8-34(32)33)14-15(22)11(21)6-13(16(14)23)29-18(31)12-5-4-10(7-28-12)20(24,25)26/h4-7,9H,8H2,1-3H3,(H2,27,30)(H,29,31)(H,32,33)/p-1/t19-/m0/s1. The fraction of sp³-hybridized carbons (Fsp3) is 0.350. The predicted octanol–water partition coefficient (Wildman–Crippen LogP) is 3.88. The lowest BCUT2D eigenvalue weighted by atomic mass is 9.92. The Bertz CT molecular complexity index is 1140. The number of rotatable bonds is 7. The number of benzene rings is 1. The van der Waals surface area contributed by atoms with E-state index < -0.39 is 80.3 Å². The Kier molecular flexibility index (Phi) is 8.09. The van der Waals surface area contributed by atoms with E-state index in [-0.39, 0.29) is 5.84 Å². The smallest absolute Gasteiger partial charge is 0.417 e. The zero-order chi connectivity index (χ0) is 26.0. The number of nitrogens with zero attached hydrogens (tertiary/aromatic N) is 2. The summed E-state index contributed by atoms with van der Waals surface area (Å²) < 4.78 is 105. The number of hydrogen-bond donors (Lipinski definition) is 2. The number of hydrogen-bond acceptors (Lipinski definition) is 5. The van der Waals surface area contributed by atoms with Crippen LogP contribution in [0.3, 0.4) is 0 Å². The lowest BCUT2D eigenvalue weighted by Crippen LogP contribution is -2.34. The van der Waals surface area contributed by atoms with Crippen molar-refractivity contribution in [3.8, 4) is 0 Å². The van der Waals surface area contributed by atoms with Crippen LogP contribution in [-0.2, 0) is 22.8 Å². The molecule has 0 spiro atoms. The molecule has 1 aromatic carbocycles. The Hall–Kier alpha value is -3.00. The van der Waals surface area contributed by atoms with E-state index in [0.29, 0.717) is 24.4 Å². The fourth-order valence-corrected chi connectivity index (χ4v) is 3.52. The molecule has 2 aromatic rings. The molecule has 14 heteroatoms. The molecule has 34 heavy (non-hydrogen) atoms. The number of pyridine rings is 1. The second kappa shape index (κ2) is 10.1. The molecule has 0 aliphatic carbocycles. The number of amides is 1. The molecule has 0 saturated carbocycles. The first-order valence-electron chi connectivity index (χ1n) is 9.50. The minimum Gasteiger partial charge on any atom is -0.772 e. The fourth-order valence-electron chi connectivity index (χ4n) is 2.85. The van der Waals surface area contributed by atoms with Gasteiger partial charge in [0.1, 0.15) is 11.2 Å². The third-order valence-electron chi connectivity index (χ3n) is 4.63. The van der Waals surface area contributed by atoms with E-state index in [1.165, 1.54) is 0 Å². The zero-order valence-corrected chi connectivity index (χ0v) is 18.8.